The van der Waals surface area contributed by atoms with E-state index in [9.17, 15) is 4.79 Å². The van der Waals surface area contributed by atoms with Crippen molar-refractivity contribution in [2.45, 2.75) is 26.8 Å². The van der Waals surface area contributed by atoms with Crippen LogP contribution in [0.15, 0.2) is 4.42 Å². The molecule has 0 bridgehead atoms. The Hall–Kier alpha value is -2.25. The molecule has 2 aromatic heterocycles. The molecule has 0 amide bonds. The predicted octanol–water partition coefficient (Wildman–Crippen LogP) is 0.278. The summed E-state index contributed by atoms with van der Waals surface area (Å²) in [6, 6.07) is 0. The van der Waals surface area contributed by atoms with E-state index in [2.05, 4.69) is 20.5 Å². The van der Waals surface area contributed by atoms with Gasteiger partial charge in [-0.3, -0.25) is 0 Å². The summed E-state index contributed by atoms with van der Waals surface area (Å²) < 4.78 is 6.65. The molecule has 0 aliphatic carbocycles. The van der Waals surface area contributed by atoms with Crippen LogP contribution < -0.4 is 0 Å². The molecule has 0 spiro atoms. The molecule has 0 fully saturated rings. The smallest absolute Gasteiger partial charge is 0.358 e. The Labute approximate surface area is 96.3 Å². The molecule has 2 heterocycles. The van der Waals surface area contributed by atoms with E-state index in [0.717, 1.165) is 0 Å². The lowest BCUT2D eigenvalue weighted by Gasteiger charge is -2.01. The Morgan fingerprint density at radius 2 is 2.18 bits per heavy atom. The van der Waals surface area contributed by atoms with Gasteiger partial charge in [0.1, 0.15) is 6.54 Å². The molecule has 0 atom stereocenters. The largest absolute Gasteiger partial charge is 0.476 e. The highest BCUT2D eigenvalue weighted by Crippen LogP contribution is 2.09. The maximum Gasteiger partial charge on any atom is 0.358 e. The average molecular weight is 237 g/mol. The van der Waals surface area contributed by atoms with Crippen LogP contribution in [0.2, 0.25) is 0 Å². The Morgan fingerprint density at radius 3 is 2.71 bits per heavy atom. The summed E-state index contributed by atoms with van der Waals surface area (Å²) in [4.78, 5) is 10.9. The second-order valence-electron chi connectivity index (χ2n) is 3.42. The maximum atomic E-state index is 10.9. The van der Waals surface area contributed by atoms with E-state index in [4.69, 9.17) is 9.52 Å². The molecule has 0 saturated heterocycles. The minimum Gasteiger partial charge on any atom is -0.476 e. The molecule has 8 heteroatoms. The molecule has 1 N–H and O–H groups in total. The molecule has 2 rings (SSSR count). The number of carboxylic acid groups (broad SMARTS) is 1. The number of carbonyl (C=O) groups is 1. The summed E-state index contributed by atoms with van der Waals surface area (Å²) in [6.07, 6.45) is 0.516. The third-order valence-corrected chi connectivity index (χ3v) is 2.23. The third kappa shape index (κ3) is 2.14. The fraction of sp³-hybridized carbons (Fsp3) is 0.444. The Balaban J connectivity index is 2.30. The molecule has 0 unspecified atom stereocenters. The van der Waals surface area contributed by atoms with Gasteiger partial charge >= 0.3 is 5.97 Å². The van der Waals surface area contributed by atoms with Crippen LogP contribution in [-0.2, 0) is 13.0 Å². The zero-order chi connectivity index (χ0) is 12.4. The van der Waals surface area contributed by atoms with Crippen molar-refractivity contribution in [1.29, 1.82) is 0 Å². The standard InChI is InChI=1S/C9H11N5O3/c1-3-6-8(9(15)16)12-13-14(6)4-7-11-10-5(2)17-7/h3-4H2,1-2H3,(H,15,16). The van der Waals surface area contributed by atoms with E-state index in [1.165, 1.54) is 4.68 Å². The second-order valence-corrected chi connectivity index (χ2v) is 3.42. The van der Waals surface area contributed by atoms with E-state index in [1.54, 1.807) is 6.92 Å². The molecule has 2 aromatic rings. The van der Waals surface area contributed by atoms with Crippen LogP contribution in [0, 0.1) is 6.92 Å². The lowest BCUT2D eigenvalue weighted by atomic mass is 10.2. The summed E-state index contributed by atoms with van der Waals surface area (Å²) in [5, 5.41) is 23.8. The SMILES string of the molecule is CCc1c(C(=O)O)nnn1Cc1nnc(C)o1. The first kappa shape index (κ1) is 11.2. The normalized spacial score (nSPS) is 10.7. The van der Waals surface area contributed by atoms with Gasteiger partial charge in [0.2, 0.25) is 11.8 Å². The van der Waals surface area contributed by atoms with Crippen molar-refractivity contribution in [1.82, 2.24) is 25.2 Å². The molecule has 0 aliphatic heterocycles. The van der Waals surface area contributed by atoms with Crippen LogP contribution in [0.1, 0.15) is 34.9 Å². The number of aromatic carboxylic acids is 1. The average Bonchev–Trinajstić information content (AvgIpc) is 2.85. The first-order chi connectivity index (χ1) is 8.11. The van der Waals surface area contributed by atoms with E-state index in [0.29, 0.717) is 23.9 Å². The number of carboxylic acids is 1. The summed E-state index contributed by atoms with van der Waals surface area (Å²) in [6.45, 7) is 3.74. The van der Waals surface area contributed by atoms with Gasteiger partial charge in [-0.05, 0) is 6.42 Å². The molecular formula is C9H11N5O3. The van der Waals surface area contributed by atoms with Gasteiger partial charge in [-0.15, -0.1) is 15.3 Å². The summed E-state index contributed by atoms with van der Waals surface area (Å²) in [7, 11) is 0. The molecule has 0 aromatic carbocycles. The number of rotatable bonds is 4. The van der Waals surface area contributed by atoms with Gasteiger partial charge in [0.15, 0.2) is 5.69 Å². The maximum absolute atomic E-state index is 10.9. The highest BCUT2D eigenvalue weighted by molar-refractivity contribution is 5.86. The van der Waals surface area contributed by atoms with Crippen molar-refractivity contribution in [3.63, 3.8) is 0 Å². The van der Waals surface area contributed by atoms with Crippen molar-refractivity contribution in [3.05, 3.63) is 23.2 Å². The van der Waals surface area contributed by atoms with Crippen molar-refractivity contribution >= 4 is 5.97 Å². The van der Waals surface area contributed by atoms with Crippen LogP contribution in [-0.4, -0.2) is 36.3 Å². The monoisotopic (exact) mass is 237 g/mol. The van der Waals surface area contributed by atoms with Crippen LogP contribution >= 0.6 is 0 Å². The quantitative estimate of drug-likeness (QED) is 0.813. The van der Waals surface area contributed by atoms with Crippen LogP contribution in [0.5, 0.6) is 0 Å². The van der Waals surface area contributed by atoms with Gasteiger partial charge in [0, 0.05) is 6.92 Å². The molecular weight excluding hydrogens is 226 g/mol. The summed E-state index contributed by atoms with van der Waals surface area (Å²) in [5.41, 5.74) is 0.497. The number of aryl methyl sites for hydroxylation is 1. The van der Waals surface area contributed by atoms with E-state index >= 15 is 0 Å². The van der Waals surface area contributed by atoms with E-state index in [-0.39, 0.29) is 12.2 Å². The minimum atomic E-state index is -1.09. The molecule has 8 nitrogen and oxygen atoms in total. The molecule has 17 heavy (non-hydrogen) atoms. The van der Waals surface area contributed by atoms with Gasteiger partial charge in [-0.1, -0.05) is 12.1 Å². The summed E-state index contributed by atoms with van der Waals surface area (Å²) in [5.74, 6) is -0.259. The fourth-order valence-electron chi connectivity index (χ4n) is 1.51. The molecule has 0 saturated carbocycles. The lowest BCUT2D eigenvalue weighted by Crippen LogP contribution is -2.08. The third-order valence-electron chi connectivity index (χ3n) is 2.23. The molecule has 0 aliphatic rings. The topological polar surface area (TPSA) is 107 Å². The predicted molar refractivity (Wildman–Crippen MR) is 54.5 cm³/mol. The number of hydrogen-bond donors (Lipinski definition) is 1. The van der Waals surface area contributed by atoms with Crippen molar-refractivity contribution in [3.8, 4) is 0 Å². The van der Waals surface area contributed by atoms with Crippen LogP contribution in [0.4, 0.5) is 0 Å². The lowest BCUT2D eigenvalue weighted by molar-refractivity contribution is 0.0689. The number of hydrogen-bond acceptors (Lipinski definition) is 6. The van der Waals surface area contributed by atoms with Crippen molar-refractivity contribution < 1.29 is 14.3 Å². The number of nitrogens with zero attached hydrogens (tertiary/aromatic N) is 5. The van der Waals surface area contributed by atoms with E-state index in [1.807, 2.05) is 6.92 Å². The first-order valence-corrected chi connectivity index (χ1v) is 5.06. The Morgan fingerprint density at radius 1 is 1.41 bits per heavy atom. The van der Waals surface area contributed by atoms with Crippen molar-refractivity contribution in [2.75, 3.05) is 0 Å². The first-order valence-electron chi connectivity index (χ1n) is 5.06. The van der Waals surface area contributed by atoms with Crippen LogP contribution in [0.3, 0.4) is 0 Å². The molecule has 0 radical (unpaired) electrons. The Kier molecular flexibility index (Phi) is 2.86. The zero-order valence-corrected chi connectivity index (χ0v) is 9.41. The fourth-order valence-corrected chi connectivity index (χ4v) is 1.51. The second kappa shape index (κ2) is 4.32. The highest BCUT2D eigenvalue weighted by Gasteiger charge is 2.18. The van der Waals surface area contributed by atoms with Gasteiger partial charge in [0.05, 0.1) is 5.69 Å². The van der Waals surface area contributed by atoms with Gasteiger partial charge in [-0.2, -0.15) is 0 Å². The van der Waals surface area contributed by atoms with Crippen LogP contribution in [0.25, 0.3) is 0 Å². The van der Waals surface area contributed by atoms with Crippen molar-refractivity contribution in [2.24, 2.45) is 0 Å². The zero-order valence-electron chi connectivity index (χ0n) is 9.41. The molecule has 90 valence electrons. The minimum absolute atomic E-state index is 0.0382. The highest BCUT2D eigenvalue weighted by atomic mass is 16.4. The number of aromatic nitrogens is 5. The Bertz CT molecular complexity index is 545. The van der Waals surface area contributed by atoms with E-state index < -0.39 is 5.97 Å². The van der Waals surface area contributed by atoms with Gasteiger partial charge in [0.25, 0.3) is 0 Å². The summed E-state index contributed by atoms with van der Waals surface area (Å²) >= 11 is 0. The van der Waals surface area contributed by atoms with Gasteiger partial charge in [-0.25, -0.2) is 9.48 Å². The van der Waals surface area contributed by atoms with Gasteiger partial charge < -0.3 is 9.52 Å².